The first-order chi connectivity index (χ1) is 8.20. The minimum Gasteiger partial charge on any atom is -0.336 e. The minimum atomic E-state index is -0.0175. The molecule has 1 aliphatic heterocycles. The zero-order chi connectivity index (χ0) is 12.3. The van der Waals surface area contributed by atoms with Crippen LogP contribution in [0, 0.1) is 0 Å². The maximum absolute atomic E-state index is 12.1. The van der Waals surface area contributed by atoms with Gasteiger partial charge in [0.05, 0.1) is 6.04 Å². The second kappa shape index (κ2) is 5.52. The number of piperazine rings is 1. The predicted octanol–water partition coefficient (Wildman–Crippen LogP) is 2.05. The molecule has 92 valence electrons. The molecule has 1 aliphatic rings. The highest BCUT2D eigenvalue weighted by Crippen LogP contribution is 2.13. The Kier molecular flexibility index (Phi) is 4.02. The van der Waals surface area contributed by atoms with Gasteiger partial charge < -0.3 is 10.2 Å². The Hall–Kier alpha value is -1.06. The van der Waals surface area contributed by atoms with Crippen LogP contribution >= 0.6 is 11.6 Å². The van der Waals surface area contributed by atoms with E-state index in [0.717, 1.165) is 30.1 Å². The van der Waals surface area contributed by atoms with Gasteiger partial charge >= 0.3 is 0 Å². The summed E-state index contributed by atoms with van der Waals surface area (Å²) in [4.78, 5) is 14.0. The van der Waals surface area contributed by atoms with E-state index >= 15 is 0 Å². The van der Waals surface area contributed by atoms with Crippen molar-refractivity contribution in [2.45, 2.75) is 25.9 Å². The molecule has 1 unspecified atom stereocenters. The van der Waals surface area contributed by atoms with Crippen LogP contribution in [-0.4, -0.2) is 29.9 Å². The zero-order valence-electron chi connectivity index (χ0n) is 9.95. The summed E-state index contributed by atoms with van der Waals surface area (Å²) in [5.74, 6) is 0.203. The Morgan fingerprint density at radius 3 is 2.76 bits per heavy atom. The molecule has 2 rings (SSSR count). The molecule has 4 heteroatoms. The van der Waals surface area contributed by atoms with E-state index in [4.69, 9.17) is 11.6 Å². The molecule has 1 atom stereocenters. The number of carbonyl (C=O) groups is 1. The summed E-state index contributed by atoms with van der Waals surface area (Å²) in [6, 6.07) is 7.65. The maximum atomic E-state index is 12.1. The fraction of sp³-hybridized carbons (Fsp3) is 0.462. The zero-order valence-corrected chi connectivity index (χ0v) is 10.7. The summed E-state index contributed by atoms with van der Waals surface area (Å²) < 4.78 is 0. The number of hydrogen-bond acceptors (Lipinski definition) is 2. The van der Waals surface area contributed by atoms with E-state index < -0.39 is 0 Å². The highest BCUT2D eigenvalue weighted by atomic mass is 35.5. The van der Waals surface area contributed by atoms with E-state index in [9.17, 15) is 4.79 Å². The molecule has 0 bridgehead atoms. The third kappa shape index (κ3) is 2.99. The van der Waals surface area contributed by atoms with Crippen molar-refractivity contribution < 1.29 is 4.79 Å². The second-order valence-electron chi connectivity index (χ2n) is 4.30. The number of nitrogens with zero attached hydrogens (tertiary/aromatic N) is 1. The van der Waals surface area contributed by atoms with Gasteiger partial charge in [-0.3, -0.25) is 4.79 Å². The largest absolute Gasteiger partial charge is 0.336 e. The normalized spacial score (nSPS) is 20.7. The Morgan fingerprint density at radius 1 is 1.41 bits per heavy atom. The highest BCUT2D eigenvalue weighted by molar-refractivity contribution is 6.30. The number of nitrogens with one attached hydrogen (secondary N) is 1. The lowest BCUT2D eigenvalue weighted by Gasteiger charge is -2.32. The van der Waals surface area contributed by atoms with Gasteiger partial charge in [-0.15, -0.1) is 0 Å². The summed E-state index contributed by atoms with van der Waals surface area (Å²) in [5, 5.41) is 3.96. The van der Waals surface area contributed by atoms with E-state index in [-0.39, 0.29) is 11.9 Å². The van der Waals surface area contributed by atoms with Crippen molar-refractivity contribution in [3.63, 3.8) is 0 Å². The second-order valence-corrected chi connectivity index (χ2v) is 4.74. The van der Waals surface area contributed by atoms with Crippen LogP contribution in [0.5, 0.6) is 0 Å². The van der Waals surface area contributed by atoms with E-state index in [2.05, 4.69) is 5.32 Å². The molecule has 0 aromatic heterocycles. The highest BCUT2D eigenvalue weighted by Gasteiger charge is 2.26. The number of benzene rings is 1. The molecular weight excluding hydrogens is 236 g/mol. The van der Waals surface area contributed by atoms with E-state index in [1.807, 2.05) is 36.1 Å². The van der Waals surface area contributed by atoms with Crippen molar-refractivity contribution in [3.8, 4) is 0 Å². The molecule has 1 aromatic carbocycles. The summed E-state index contributed by atoms with van der Waals surface area (Å²) >= 11 is 5.84. The van der Waals surface area contributed by atoms with Crippen molar-refractivity contribution in [1.82, 2.24) is 10.2 Å². The number of carbonyl (C=O) groups excluding carboxylic acids is 1. The Labute approximate surface area is 107 Å². The Morgan fingerprint density at radius 2 is 2.12 bits per heavy atom. The third-order valence-electron chi connectivity index (χ3n) is 3.08. The molecule has 17 heavy (non-hydrogen) atoms. The molecule has 1 fully saturated rings. The van der Waals surface area contributed by atoms with Crippen LogP contribution in [0.3, 0.4) is 0 Å². The van der Waals surface area contributed by atoms with Crippen molar-refractivity contribution in [3.05, 3.63) is 34.9 Å². The van der Waals surface area contributed by atoms with Gasteiger partial charge in [0.25, 0.3) is 0 Å². The first-order valence-electron chi connectivity index (χ1n) is 5.97. The Balaban J connectivity index is 2.02. The first-order valence-corrected chi connectivity index (χ1v) is 6.35. The minimum absolute atomic E-state index is 0.0175. The Bertz CT molecular complexity index is 391. The van der Waals surface area contributed by atoms with Gasteiger partial charge in [0.15, 0.2) is 0 Å². The average molecular weight is 253 g/mol. The van der Waals surface area contributed by atoms with Gasteiger partial charge in [0, 0.05) is 24.7 Å². The summed E-state index contributed by atoms with van der Waals surface area (Å²) in [5.41, 5.74) is 1.12. The van der Waals surface area contributed by atoms with Crippen LogP contribution < -0.4 is 5.32 Å². The lowest BCUT2D eigenvalue weighted by atomic mass is 10.1. The molecule has 1 saturated heterocycles. The molecule has 3 nitrogen and oxygen atoms in total. The summed E-state index contributed by atoms with van der Waals surface area (Å²) in [6.07, 6.45) is 0.843. The van der Waals surface area contributed by atoms with Crippen LogP contribution in [0.1, 0.15) is 18.9 Å². The topological polar surface area (TPSA) is 32.3 Å². The van der Waals surface area contributed by atoms with Gasteiger partial charge in [-0.25, -0.2) is 0 Å². The summed E-state index contributed by atoms with van der Waals surface area (Å²) in [6.45, 7) is 4.35. The van der Waals surface area contributed by atoms with Crippen LogP contribution in [-0.2, 0) is 11.3 Å². The van der Waals surface area contributed by atoms with Crippen molar-refractivity contribution in [1.29, 1.82) is 0 Å². The molecule has 0 radical (unpaired) electrons. The monoisotopic (exact) mass is 252 g/mol. The quantitative estimate of drug-likeness (QED) is 0.893. The van der Waals surface area contributed by atoms with Gasteiger partial charge in [0.1, 0.15) is 0 Å². The average Bonchev–Trinajstić information content (AvgIpc) is 2.35. The van der Waals surface area contributed by atoms with Gasteiger partial charge in [-0.1, -0.05) is 30.7 Å². The molecule has 1 amide bonds. The summed E-state index contributed by atoms with van der Waals surface area (Å²) in [7, 11) is 0. The van der Waals surface area contributed by atoms with Gasteiger partial charge in [-0.05, 0) is 24.1 Å². The predicted molar refractivity (Wildman–Crippen MR) is 69.0 cm³/mol. The molecule has 1 heterocycles. The van der Waals surface area contributed by atoms with E-state index in [1.54, 1.807) is 0 Å². The SMILES string of the molecule is CCC1NCCN(Cc2ccc(Cl)cc2)C1=O. The lowest BCUT2D eigenvalue weighted by molar-refractivity contribution is -0.136. The number of rotatable bonds is 3. The number of hydrogen-bond donors (Lipinski definition) is 1. The van der Waals surface area contributed by atoms with Crippen LogP contribution in [0.25, 0.3) is 0 Å². The number of amides is 1. The fourth-order valence-electron chi connectivity index (χ4n) is 2.08. The third-order valence-corrected chi connectivity index (χ3v) is 3.33. The smallest absolute Gasteiger partial charge is 0.240 e. The van der Waals surface area contributed by atoms with E-state index in [1.165, 1.54) is 0 Å². The van der Waals surface area contributed by atoms with Crippen LogP contribution in [0.4, 0.5) is 0 Å². The fourth-order valence-corrected chi connectivity index (χ4v) is 2.20. The van der Waals surface area contributed by atoms with E-state index in [0.29, 0.717) is 6.54 Å². The van der Waals surface area contributed by atoms with Crippen LogP contribution in [0.2, 0.25) is 5.02 Å². The first kappa shape index (κ1) is 12.4. The molecule has 1 aromatic rings. The van der Waals surface area contributed by atoms with Gasteiger partial charge in [-0.2, -0.15) is 0 Å². The van der Waals surface area contributed by atoms with Crippen LogP contribution in [0.15, 0.2) is 24.3 Å². The van der Waals surface area contributed by atoms with Crippen molar-refractivity contribution in [2.24, 2.45) is 0 Å². The standard InChI is InChI=1S/C13H17ClN2O/c1-2-12-13(17)16(8-7-15-12)9-10-3-5-11(14)6-4-10/h3-6,12,15H,2,7-9H2,1H3. The maximum Gasteiger partial charge on any atom is 0.240 e. The number of halogens is 1. The molecule has 0 spiro atoms. The molecular formula is C13H17ClN2O. The molecule has 1 N–H and O–H groups in total. The molecule has 0 aliphatic carbocycles. The van der Waals surface area contributed by atoms with Gasteiger partial charge in [0.2, 0.25) is 5.91 Å². The van der Waals surface area contributed by atoms with Crippen molar-refractivity contribution >= 4 is 17.5 Å². The van der Waals surface area contributed by atoms with Crippen molar-refractivity contribution in [2.75, 3.05) is 13.1 Å². The lowest BCUT2D eigenvalue weighted by Crippen LogP contribution is -2.54. The molecule has 0 saturated carbocycles.